The number of ether oxygens (including phenoxy) is 1. The molecule has 0 aromatic heterocycles. The first-order valence-corrected chi connectivity index (χ1v) is 8.95. The molecule has 0 bridgehead atoms. The summed E-state index contributed by atoms with van der Waals surface area (Å²) < 4.78 is 5.34. The summed E-state index contributed by atoms with van der Waals surface area (Å²) in [5.41, 5.74) is 9.91. The summed E-state index contributed by atoms with van der Waals surface area (Å²) >= 11 is 0. The summed E-state index contributed by atoms with van der Waals surface area (Å²) in [7, 11) is 0. The van der Waals surface area contributed by atoms with Gasteiger partial charge in [0.25, 0.3) is 0 Å². The van der Waals surface area contributed by atoms with E-state index in [0.29, 0.717) is 0 Å². The fourth-order valence-corrected chi connectivity index (χ4v) is 3.61. The molecule has 4 N–H and O–H groups in total. The monoisotopic (exact) mass is 383 g/mol. The Kier molecular flexibility index (Phi) is 5.75. The Bertz CT molecular complexity index is 864. The number of rotatable bonds is 8. The maximum atomic E-state index is 12.4. The van der Waals surface area contributed by atoms with Gasteiger partial charge in [-0.05, 0) is 28.7 Å². The molecule has 2 aromatic carbocycles. The molecule has 2 aromatic rings. The van der Waals surface area contributed by atoms with Gasteiger partial charge in [-0.25, -0.2) is 0 Å². The van der Waals surface area contributed by atoms with E-state index in [2.05, 4.69) is 0 Å². The second kappa shape index (κ2) is 8.22. The molecule has 7 heteroatoms. The van der Waals surface area contributed by atoms with Gasteiger partial charge in [-0.1, -0.05) is 48.5 Å². The van der Waals surface area contributed by atoms with Gasteiger partial charge in [-0.3, -0.25) is 14.4 Å². The zero-order chi connectivity index (χ0) is 20.3. The topological polar surface area (TPSA) is 127 Å². The molecule has 0 heterocycles. The van der Waals surface area contributed by atoms with Crippen LogP contribution in [0.25, 0.3) is 11.1 Å². The summed E-state index contributed by atoms with van der Waals surface area (Å²) in [6.45, 7) is -0.0116. The van der Waals surface area contributed by atoms with E-state index in [0.717, 1.165) is 22.3 Å². The normalized spacial score (nSPS) is 14.6. The van der Waals surface area contributed by atoms with E-state index in [4.69, 9.17) is 15.6 Å². The Balaban J connectivity index is 1.74. The summed E-state index contributed by atoms with van der Waals surface area (Å²) in [4.78, 5) is 34.6. The van der Waals surface area contributed by atoms with Gasteiger partial charge < -0.3 is 20.7 Å². The number of carboxylic acid groups (broad SMARTS) is 2. The van der Waals surface area contributed by atoms with E-state index in [-0.39, 0.29) is 25.4 Å². The minimum atomic E-state index is -1.61. The third-order valence-corrected chi connectivity index (χ3v) is 4.99. The molecule has 0 amide bonds. The van der Waals surface area contributed by atoms with Crippen LogP contribution in [0, 0.1) is 5.92 Å². The molecule has 1 aliphatic carbocycles. The summed E-state index contributed by atoms with van der Waals surface area (Å²) in [5, 5.41) is 18.1. The maximum Gasteiger partial charge on any atom is 0.321 e. The van der Waals surface area contributed by atoms with Crippen molar-refractivity contribution in [3.8, 4) is 11.1 Å². The molecule has 3 rings (SSSR count). The van der Waals surface area contributed by atoms with Crippen molar-refractivity contribution in [2.45, 2.75) is 24.8 Å². The predicted octanol–water partition coefficient (Wildman–Crippen LogP) is 2.24. The van der Waals surface area contributed by atoms with E-state index >= 15 is 0 Å². The highest BCUT2D eigenvalue weighted by Crippen LogP contribution is 2.44. The first kappa shape index (κ1) is 19.6. The lowest BCUT2D eigenvalue weighted by molar-refractivity contribution is -0.160. The minimum Gasteiger partial charge on any atom is -0.481 e. The van der Waals surface area contributed by atoms with Crippen LogP contribution in [0.15, 0.2) is 48.5 Å². The molecule has 1 aliphatic rings. The molecule has 2 unspecified atom stereocenters. The second-order valence-electron chi connectivity index (χ2n) is 6.77. The average Bonchev–Trinajstić information content (AvgIpc) is 2.98. The van der Waals surface area contributed by atoms with Crippen LogP contribution >= 0.6 is 0 Å². The van der Waals surface area contributed by atoms with E-state index in [1.807, 2.05) is 48.5 Å². The minimum absolute atomic E-state index is 0.0116. The van der Waals surface area contributed by atoms with Crippen molar-refractivity contribution in [2.75, 3.05) is 6.61 Å². The lowest BCUT2D eigenvalue weighted by Gasteiger charge is -2.20. The van der Waals surface area contributed by atoms with Crippen molar-refractivity contribution in [3.05, 3.63) is 59.7 Å². The van der Waals surface area contributed by atoms with Crippen molar-refractivity contribution in [1.82, 2.24) is 0 Å². The number of benzene rings is 2. The standard InChI is InChI=1S/C21H21NO6/c22-17(9-10-18(23)24)19(20(25)26)21(27)28-11-16-14-7-3-1-5-12(14)13-6-2-4-8-15(13)16/h1-8,16-17,19H,9-11,22H2,(H,23,24)(H,25,26). The number of carboxylic acids is 2. The molecule has 0 spiro atoms. The molecule has 2 atom stereocenters. The molecule has 0 saturated heterocycles. The summed E-state index contributed by atoms with van der Waals surface area (Å²) in [5.74, 6) is -5.28. The van der Waals surface area contributed by atoms with Gasteiger partial charge in [0.05, 0.1) is 0 Å². The molecule has 7 nitrogen and oxygen atoms in total. The fraction of sp³-hybridized carbons (Fsp3) is 0.286. The summed E-state index contributed by atoms with van der Waals surface area (Å²) in [6, 6.07) is 14.5. The quantitative estimate of drug-likeness (QED) is 0.471. The Morgan fingerprint density at radius 3 is 2.00 bits per heavy atom. The first-order valence-electron chi connectivity index (χ1n) is 8.95. The van der Waals surface area contributed by atoms with E-state index < -0.39 is 29.9 Å². The molecule has 0 radical (unpaired) electrons. The van der Waals surface area contributed by atoms with Crippen LogP contribution in [-0.4, -0.2) is 40.8 Å². The lowest BCUT2D eigenvalue weighted by Crippen LogP contribution is -2.42. The van der Waals surface area contributed by atoms with Gasteiger partial charge in [0.1, 0.15) is 6.61 Å². The number of fused-ring (bicyclic) bond motifs is 3. The highest BCUT2D eigenvalue weighted by molar-refractivity contribution is 5.95. The van der Waals surface area contributed by atoms with Gasteiger partial charge in [0.2, 0.25) is 0 Å². The summed E-state index contributed by atoms with van der Waals surface area (Å²) in [6.07, 6.45) is -0.446. The smallest absolute Gasteiger partial charge is 0.321 e. The van der Waals surface area contributed by atoms with Crippen LogP contribution in [-0.2, 0) is 19.1 Å². The van der Waals surface area contributed by atoms with Crippen LogP contribution in [0.2, 0.25) is 0 Å². The highest BCUT2D eigenvalue weighted by Gasteiger charge is 2.36. The van der Waals surface area contributed by atoms with Crippen molar-refractivity contribution < 1.29 is 29.3 Å². The Morgan fingerprint density at radius 2 is 1.50 bits per heavy atom. The second-order valence-corrected chi connectivity index (χ2v) is 6.77. The first-order chi connectivity index (χ1) is 13.4. The average molecular weight is 383 g/mol. The molecule has 28 heavy (non-hydrogen) atoms. The van der Waals surface area contributed by atoms with Crippen molar-refractivity contribution in [3.63, 3.8) is 0 Å². The molecular weight excluding hydrogens is 362 g/mol. The number of carbonyl (C=O) groups excluding carboxylic acids is 1. The van der Waals surface area contributed by atoms with Gasteiger partial charge in [0, 0.05) is 18.4 Å². The Labute approximate surface area is 161 Å². The number of esters is 1. The predicted molar refractivity (Wildman–Crippen MR) is 101 cm³/mol. The zero-order valence-corrected chi connectivity index (χ0v) is 15.1. The van der Waals surface area contributed by atoms with Crippen molar-refractivity contribution in [2.24, 2.45) is 11.7 Å². The maximum absolute atomic E-state index is 12.4. The molecule has 0 saturated carbocycles. The Morgan fingerprint density at radius 1 is 0.964 bits per heavy atom. The van der Waals surface area contributed by atoms with Crippen LogP contribution in [0.3, 0.4) is 0 Å². The Hall–Kier alpha value is -3.19. The highest BCUT2D eigenvalue weighted by atomic mass is 16.5. The van der Waals surface area contributed by atoms with Gasteiger partial charge in [0.15, 0.2) is 5.92 Å². The molecule has 0 fully saturated rings. The van der Waals surface area contributed by atoms with Crippen LogP contribution in [0.5, 0.6) is 0 Å². The van der Waals surface area contributed by atoms with E-state index in [9.17, 15) is 19.5 Å². The SMILES string of the molecule is NC(CCC(=O)O)C(C(=O)O)C(=O)OCC1c2ccccc2-c2ccccc21. The third kappa shape index (κ3) is 3.89. The fourth-order valence-electron chi connectivity index (χ4n) is 3.61. The zero-order valence-electron chi connectivity index (χ0n) is 15.1. The number of nitrogens with two attached hydrogens (primary N) is 1. The van der Waals surface area contributed by atoms with Gasteiger partial charge in [-0.2, -0.15) is 0 Å². The number of carbonyl (C=O) groups is 3. The van der Waals surface area contributed by atoms with E-state index in [1.54, 1.807) is 0 Å². The van der Waals surface area contributed by atoms with Gasteiger partial charge >= 0.3 is 17.9 Å². The van der Waals surface area contributed by atoms with Crippen LogP contribution < -0.4 is 5.73 Å². The number of hydrogen-bond acceptors (Lipinski definition) is 5. The van der Waals surface area contributed by atoms with E-state index in [1.165, 1.54) is 0 Å². The van der Waals surface area contributed by atoms with Crippen molar-refractivity contribution >= 4 is 17.9 Å². The number of aliphatic carboxylic acids is 2. The third-order valence-electron chi connectivity index (χ3n) is 4.99. The van der Waals surface area contributed by atoms with Crippen LogP contribution in [0.1, 0.15) is 29.9 Å². The molecular formula is C21H21NO6. The largest absolute Gasteiger partial charge is 0.481 e. The van der Waals surface area contributed by atoms with Crippen molar-refractivity contribution in [1.29, 1.82) is 0 Å². The molecule has 146 valence electrons. The lowest BCUT2D eigenvalue weighted by atomic mass is 9.96. The molecule has 0 aliphatic heterocycles. The van der Waals surface area contributed by atoms with Crippen LogP contribution in [0.4, 0.5) is 0 Å². The number of hydrogen-bond donors (Lipinski definition) is 3. The van der Waals surface area contributed by atoms with Gasteiger partial charge in [-0.15, -0.1) is 0 Å².